The Morgan fingerprint density at radius 2 is 2.11 bits per heavy atom. The van der Waals surface area contributed by atoms with Crippen LogP contribution in [0.15, 0.2) is 11.1 Å². The van der Waals surface area contributed by atoms with Gasteiger partial charge >= 0.3 is 11.9 Å². The molecule has 2 atom stereocenters. The minimum Gasteiger partial charge on any atom is -0.458 e. The van der Waals surface area contributed by atoms with E-state index in [0.717, 1.165) is 24.0 Å². The van der Waals surface area contributed by atoms with Crippen LogP contribution in [0.2, 0.25) is 0 Å². The molecule has 0 aromatic carbocycles. The van der Waals surface area contributed by atoms with Crippen molar-refractivity contribution in [3.63, 3.8) is 0 Å². The van der Waals surface area contributed by atoms with E-state index in [-0.39, 0.29) is 5.97 Å². The summed E-state index contributed by atoms with van der Waals surface area (Å²) < 4.78 is 10.3. The van der Waals surface area contributed by atoms with Crippen LogP contribution >= 0.6 is 0 Å². The number of aliphatic hydroxyl groups excluding tert-OH is 1. The SMILES string of the molecule is CCCC1=C(CCC2(C)CC(O)C(=O)O2)COC1=O. The van der Waals surface area contributed by atoms with Gasteiger partial charge in [0.1, 0.15) is 12.2 Å². The topological polar surface area (TPSA) is 72.8 Å². The van der Waals surface area contributed by atoms with Crippen LogP contribution in [0.4, 0.5) is 0 Å². The molecule has 2 aliphatic rings. The molecule has 0 saturated carbocycles. The molecule has 2 unspecified atom stereocenters. The lowest BCUT2D eigenvalue weighted by molar-refractivity contribution is -0.152. The molecule has 0 spiro atoms. The molecule has 5 nitrogen and oxygen atoms in total. The Morgan fingerprint density at radius 1 is 1.37 bits per heavy atom. The summed E-state index contributed by atoms with van der Waals surface area (Å²) in [4.78, 5) is 22.8. The minimum absolute atomic E-state index is 0.217. The van der Waals surface area contributed by atoms with Crippen molar-refractivity contribution < 1.29 is 24.2 Å². The first-order valence-corrected chi connectivity index (χ1v) is 6.74. The summed E-state index contributed by atoms with van der Waals surface area (Å²) in [7, 11) is 0. The van der Waals surface area contributed by atoms with Gasteiger partial charge in [-0.25, -0.2) is 9.59 Å². The Balaban J connectivity index is 1.98. The zero-order chi connectivity index (χ0) is 14.0. The van der Waals surface area contributed by atoms with Gasteiger partial charge in [0.2, 0.25) is 0 Å². The van der Waals surface area contributed by atoms with Gasteiger partial charge in [0.15, 0.2) is 6.10 Å². The molecule has 0 radical (unpaired) electrons. The predicted octanol–water partition coefficient (Wildman–Crippen LogP) is 1.49. The van der Waals surface area contributed by atoms with Crippen LogP contribution < -0.4 is 0 Å². The van der Waals surface area contributed by atoms with Gasteiger partial charge < -0.3 is 14.6 Å². The van der Waals surface area contributed by atoms with Crippen LogP contribution in [0.3, 0.4) is 0 Å². The second-order valence-electron chi connectivity index (χ2n) is 5.50. The van der Waals surface area contributed by atoms with Gasteiger partial charge in [0, 0.05) is 12.0 Å². The highest BCUT2D eigenvalue weighted by Crippen LogP contribution is 2.34. The summed E-state index contributed by atoms with van der Waals surface area (Å²) >= 11 is 0. The number of aliphatic hydroxyl groups is 1. The second-order valence-corrected chi connectivity index (χ2v) is 5.50. The van der Waals surface area contributed by atoms with Crippen molar-refractivity contribution in [3.05, 3.63) is 11.1 Å². The molecule has 1 N–H and O–H groups in total. The fraction of sp³-hybridized carbons (Fsp3) is 0.714. The van der Waals surface area contributed by atoms with Crippen LogP contribution in [0.5, 0.6) is 0 Å². The molecule has 0 aromatic heterocycles. The van der Waals surface area contributed by atoms with E-state index in [2.05, 4.69) is 0 Å². The van der Waals surface area contributed by atoms with E-state index in [0.29, 0.717) is 25.9 Å². The molecule has 5 heteroatoms. The molecule has 0 bridgehead atoms. The highest BCUT2D eigenvalue weighted by Gasteiger charge is 2.42. The molecule has 0 aliphatic carbocycles. The molecule has 2 aliphatic heterocycles. The lowest BCUT2D eigenvalue weighted by Crippen LogP contribution is -2.24. The average molecular weight is 268 g/mol. The Labute approximate surface area is 112 Å². The van der Waals surface area contributed by atoms with Crippen molar-refractivity contribution in [2.75, 3.05) is 6.61 Å². The van der Waals surface area contributed by atoms with Crippen molar-refractivity contribution in [1.82, 2.24) is 0 Å². The van der Waals surface area contributed by atoms with Crippen LogP contribution in [0.25, 0.3) is 0 Å². The molecule has 2 heterocycles. The van der Waals surface area contributed by atoms with Crippen molar-refractivity contribution in [2.24, 2.45) is 0 Å². The zero-order valence-electron chi connectivity index (χ0n) is 11.4. The van der Waals surface area contributed by atoms with Gasteiger partial charge in [-0.15, -0.1) is 0 Å². The van der Waals surface area contributed by atoms with E-state index in [1.807, 2.05) is 13.8 Å². The maximum atomic E-state index is 11.5. The first-order chi connectivity index (χ1) is 8.95. The summed E-state index contributed by atoms with van der Waals surface area (Å²) in [5.41, 5.74) is 1.15. The molecular weight excluding hydrogens is 248 g/mol. The number of cyclic esters (lactones) is 2. The van der Waals surface area contributed by atoms with E-state index < -0.39 is 17.7 Å². The number of carbonyl (C=O) groups is 2. The van der Waals surface area contributed by atoms with Crippen molar-refractivity contribution >= 4 is 11.9 Å². The number of rotatable bonds is 5. The molecule has 0 amide bonds. The molecule has 1 fully saturated rings. The first kappa shape index (κ1) is 14.1. The fourth-order valence-electron chi connectivity index (χ4n) is 2.64. The molecule has 19 heavy (non-hydrogen) atoms. The Bertz CT molecular complexity index is 426. The van der Waals surface area contributed by atoms with Gasteiger partial charge in [-0.1, -0.05) is 13.3 Å². The first-order valence-electron chi connectivity index (χ1n) is 6.74. The Morgan fingerprint density at radius 3 is 2.68 bits per heavy atom. The molecule has 0 aromatic rings. The molecule has 2 rings (SSSR count). The third-order valence-corrected chi connectivity index (χ3v) is 3.75. The largest absolute Gasteiger partial charge is 0.458 e. The van der Waals surface area contributed by atoms with Crippen LogP contribution in [0, 0.1) is 0 Å². The number of carbonyl (C=O) groups excluding carboxylic acids is 2. The summed E-state index contributed by atoms with van der Waals surface area (Å²) in [6.45, 7) is 4.19. The van der Waals surface area contributed by atoms with Crippen molar-refractivity contribution in [3.8, 4) is 0 Å². The predicted molar refractivity (Wildman–Crippen MR) is 67.2 cm³/mol. The van der Waals surface area contributed by atoms with Gasteiger partial charge in [0.25, 0.3) is 0 Å². The Hall–Kier alpha value is -1.36. The van der Waals surface area contributed by atoms with Crippen LogP contribution in [-0.2, 0) is 19.1 Å². The zero-order valence-corrected chi connectivity index (χ0v) is 11.4. The van der Waals surface area contributed by atoms with E-state index in [1.54, 1.807) is 0 Å². The van der Waals surface area contributed by atoms with Gasteiger partial charge in [0.05, 0.1) is 0 Å². The highest BCUT2D eigenvalue weighted by atomic mass is 16.6. The van der Waals surface area contributed by atoms with Crippen molar-refractivity contribution in [2.45, 2.75) is 57.7 Å². The number of esters is 2. The third-order valence-electron chi connectivity index (χ3n) is 3.75. The van der Waals surface area contributed by atoms with Gasteiger partial charge in [-0.3, -0.25) is 0 Å². The minimum atomic E-state index is -1.02. The fourth-order valence-corrected chi connectivity index (χ4v) is 2.64. The number of ether oxygens (including phenoxy) is 2. The molecular formula is C14H20O5. The van der Waals surface area contributed by atoms with Gasteiger partial charge in [-0.2, -0.15) is 0 Å². The number of hydrogen-bond acceptors (Lipinski definition) is 5. The molecule has 106 valence electrons. The van der Waals surface area contributed by atoms with E-state index >= 15 is 0 Å². The average Bonchev–Trinajstić information content (AvgIpc) is 2.81. The second kappa shape index (κ2) is 5.33. The summed E-state index contributed by atoms with van der Waals surface area (Å²) in [6.07, 6.45) is 2.20. The number of hydrogen-bond donors (Lipinski definition) is 1. The maximum Gasteiger partial charge on any atom is 0.335 e. The normalized spacial score (nSPS) is 30.8. The summed E-state index contributed by atoms with van der Waals surface area (Å²) in [6, 6.07) is 0. The third kappa shape index (κ3) is 2.97. The Kier molecular flexibility index (Phi) is 3.94. The highest BCUT2D eigenvalue weighted by molar-refractivity contribution is 5.91. The monoisotopic (exact) mass is 268 g/mol. The van der Waals surface area contributed by atoms with E-state index in [1.165, 1.54) is 0 Å². The quantitative estimate of drug-likeness (QED) is 0.765. The van der Waals surface area contributed by atoms with E-state index in [9.17, 15) is 14.7 Å². The lowest BCUT2D eigenvalue weighted by Gasteiger charge is -2.22. The summed E-state index contributed by atoms with van der Waals surface area (Å²) in [5, 5.41) is 9.44. The summed E-state index contributed by atoms with van der Waals surface area (Å²) in [5.74, 6) is -0.769. The van der Waals surface area contributed by atoms with Crippen LogP contribution in [0.1, 0.15) is 46.0 Å². The smallest absolute Gasteiger partial charge is 0.335 e. The van der Waals surface area contributed by atoms with Gasteiger partial charge in [-0.05, 0) is 31.8 Å². The van der Waals surface area contributed by atoms with E-state index in [4.69, 9.17) is 9.47 Å². The van der Waals surface area contributed by atoms with Crippen LogP contribution in [-0.4, -0.2) is 35.4 Å². The maximum absolute atomic E-state index is 11.5. The standard InChI is InChI=1S/C14H20O5/c1-3-4-10-9(8-18-12(10)16)5-6-14(2)7-11(15)13(17)19-14/h11,15H,3-8H2,1-2H3. The molecule has 1 saturated heterocycles. The lowest BCUT2D eigenvalue weighted by atomic mass is 9.91. The van der Waals surface area contributed by atoms with Crippen molar-refractivity contribution in [1.29, 1.82) is 0 Å².